The zero-order valence-electron chi connectivity index (χ0n) is 10.9. The quantitative estimate of drug-likeness (QED) is 0.871. The fourth-order valence-electron chi connectivity index (χ4n) is 1.79. The third-order valence-electron chi connectivity index (χ3n) is 2.94. The number of anilines is 1. The molecule has 2 aromatic rings. The van der Waals surface area contributed by atoms with Crippen LogP contribution in [0.4, 0.5) is 5.69 Å². The average Bonchev–Trinajstić information content (AvgIpc) is 2.48. The molecule has 0 aromatic heterocycles. The second-order valence-corrected chi connectivity index (χ2v) is 5.06. The third-order valence-corrected chi connectivity index (χ3v) is 3.76. The molecule has 0 radical (unpaired) electrons. The molecule has 3 nitrogen and oxygen atoms in total. The smallest absolute Gasteiger partial charge is 0.118 e. The van der Waals surface area contributed by atoms with Gasteiger partial charge in [0.05, 0.1) is 28.9 Å². The lowest BCUT2D eigenvalue weighted by Gasteiger charge is -2.15. The van der Waals surface area contributed by atoms with E-state index >= 15 is 0 Å². The van der Waals surface area contributed by atoms with Gasteiger partial charge in [0.1, 0.15) is 5.75 Å². The van der Waals surface area contributed by atoms with Crippen LogP contribution in [0, 0.1) is 0 Å². The van der Waals surface area contributed by atoms with Crippen molar-refractivity contribution in [1.82, 2.24) is 0 Å². The van der Waals surface area contributed by atoms with Gasteiger partial charge in [0, 0.05) is 6.54 Å². The lowest BCUT2D eigenvalue weighted by molar-refractivity contribution is 0.191. The number of hydrogen-bond acceptors (Lipinski definition) is 3. The van der Waals surface area contributed by atoms with Crippen LogP contribution in [0.1, 0.15) is 11.7 Å². The number of aliphatic hydroxyl groups is 1. The molecular weight excluding hydrogens is 297 g/mol. The summed E-state index contributed by atoms with van der Waals surface area (Å²) in [5, 5.41) is 14.1. The van der Waals surface area contributed by atoms with Crippen molar-refractivity contribution in [2.24, 2.45) is 0 Å². The van der Waals surface area contributed by atoms with Gasteiger partial charge < -0.3 is 15.2 Å². The Labute approximate surface area is 128 Å². The molecule has 0 amide bonds. The zero-order valence-corrected chi connectivity index (χ0v) is 12.4. The Morgan fingerprint density at radius 2 is 1.85 bits per heavy atom. The molecule has 0 heterocycles. The Balaban J connectivity index is 2.00. The molecule has 0 saturated heterocycles. The molecule has 2 aromatic carbocycles. The van der Waals surface area contributed by atoms with Crippen molar-refractivity contribution in [3.05, 3.63) is 58.1 Å². The molecule has 5 heteroatoms. The van der Waals surface area contributed by atoms with Crippen molar-refractivity contribution in [3.63, 3.8) is 0 Å². The summed E-state index contributed by atoms with van der Waals surface area (Å²) in [5.41, 5.74) is 1.50. The van der Waals surface area contributed by atoms with Crippen molar-refractivity contribution in [1.29, 1.82) is 0 Å². The molecule has 1 unspecified atom stereocenters. The van der Waals surface area contributed by atoms with Gasteiger partial charge in [-0.05, 0) is 29.8 Å². The van der Waals surface area contributed by atoms with Gasteiger partial charge in [-0.1, -0.05) is 41.4 Å². The highest BCUT2D eigenvalue weighted by Crippen LogP contribution is 2.30. The molecule has 0 spiro atoms. The van der Waals surface area contributed by atoms with Crippen LogP contribution in [0.5, 0.6) is 5.75 Å². The van der Waals surface area contributed by atoms with Gasteiger partial charge in [-0.15, -0.1) is 0 Å². The van der Waals surface area contributed by atoms with E-state index < -0.39 is 6.10 Å². The van der Waals surface area contributed by atoms with Gasteiger partial charge in [-0.3, -0.25) is 0 Å². The largest absolute Gasteiger partial charge is 0.497 e. The molecule has 2 N–H and O–H groups in total. The summed E-state index contributed by atoms with van der Waals surface area (Å²) in [4.78, 5) is 0. The predicted octanol–water partition coefficient (Wildman–Crippen LogP) is 4.15. The van der Waals surface area contributed by atoms with Gasteiger partial charge in [-0.25, -0.2) is 0 Å². The van der Waals surface area contributed by atoms with Crippen molar-refractivity contribution in [2.45, 2.75) is 6.10 Å². The van der Waals surface area contributed by atoms with E-state index in [0.717, 1.165) is 11.3 Å². The van der Waals surface area contributed by atoms with E-state index in [-0.39, 0.29) is 0 Å². The van der Waals surface area contributed by atoms with Crippen LogP contribution in [0.25, 0.3) is 0 Å². The zero-order chi connectivity index (χ0) is 14.5. The molecule has 0 bridgehead atoms. The molecule has 0 fully saturated rings. The Morgan fingerprint density at radius 1 is 1.15 bits per heavy atom. The van der Waals surface area contributed by atoms with Crippen LogP contribution >= 0.6 is 23.2 Å². The summed E-state index contributed by atoms with van der Waals surface area (Å²) in [5.74, 6) is 0.756. The summed E-state index contributed by atoms with van der Waals surface area (Å²) in [6, 6.07) is 12.6. The van der Waals surface area contributed by atoms with Crippen molar-refractivity contribution in [2.75, 3.05) is 19.0 Å². The van der Waals surface area contributed by atoms with Crippen molar-refractivity contribution >= 4 is 28.9 Å². The Bertz CT molecular complexity index is 573. The van der Waals surface area contributed by atoms with Gasteiger partial charge in [0.25, 0.3) is 0 Å². The number of benzene rings is 2. The summed E-state index contributed by atoms with van der Waals surface area (Å²) < 4.78 is 5.08. The van der Waals surface area contributed by atoms with E-state index in [1.807, 2.05) is 30.3 Å². The first-order valence-corrected chi connectivity index (χ1v) is 6.87. The second kappa shape index (κ2) is 6.84. The maximum atomic E-state index is 10.1. The van der Waals surface area contributed by atoms with E-state index in [9.17, 15) is 5.11 Å². The van der Waals surface area contributed by atoms with Crippen LogP contribution < -0.4 is 10.1 Å². The number of nitrogens with one attached hydrogen (secondary N) is 1. The minimum atomic E-state index is -0.643. The summed E-state index contributed by atoms with van der Waals surface area (Å²) in [6.45, 7) is 0.340. The van der Waals surface area contributed by atoms with Crippen molar-refractivity contribution < 1.29 is 9.84 Å². The highest BCUT2D eigenvalue weighted by molar-refractivity contribution is 6.43. The van der Waals surface area contributed by atoms with Gasteiger partial charge >= 0.3 is 0 Å². The highest BCUT2D eigenvalue weighted by Gasteiger charge is 2.09. The number of halogens is 2. The van der Waals surface area contributed by atoms with Crippen LogP contribution in [-0.2, 0) is 0 Å². The molecule has 1 atom stereocenters. The highest BCUT2D eigenvalue weighted by atomic mass is 35.5. The summed E-state index contributed by atoms with van der Waals surface area (Å²) >= 11 is 12.0. The standard InChI is InChI=1S/C15H15Cl2NO2/c1-20-11-7-5-10(6-8-11)14(19)9-18-13-4-2-3-12(16)15(13)17/h2-8,14,18-19H,9H2,1H3. The van der Waals surface area contributed by atoms with E-state index in [0.29, 0.717) is 22.3 Å². The van der Waals surface area contributed by atoms with E-state index in [1.54, 1.807) is 19.2 Å². The van der Waals surface area contributed by atoms with E-state index in [4.69, 9.17) is 27.9 Å². The topological polar surface area (TPSA) is 41.5 Å². The van der Waals surface area contributed by atoms with E-state index in [1.165, 1.54) is 0 Å². The first-order chi connectivity index (χ1) is 9.61. The number of rotatable bonds is 5. The molecule has 0 aliphatic carbocycles. The minimum absolute atomic E-state index is 0.340. The third kappa shape index (κ3) is 3.57. The average molecular weight is 312 g/mol. The van der Waals surface area contributed by atoms with Gasteiger partial charge in [0.15, 0.2) is 0 Å². The maximum absolute atomic E-state index is 10.1. The van der Waals surface area contributed by atoms with Crippen LogP contribution in [0.3, 0.4) is 0 Å². The number of aliphatic hydroxyl groups excluding tert-OH is 1. The second-order valence-electron chi connectivity index (χ2n) is 4.27. The van der Waals surface area contributed by atoms with E-state index in [2.05, 4.69) is 5.32 Å². The molecular formula is C15H15Cl2NO2. The molecule has 106 valence electrons. The Hall–Kier alpha value is -1.42. The first kappa shape index (κ1) is 15.0. The predicted molar refractivity (Wildman–Crippen MR) is 82.9 cm³/mol. The molecule has 0 aliphatic rings. The van der Waals surface area contributed by atoms with Gasteiger partial charge in [-0.2, -0.15) is 0 Å². The Morgan fingerprint density at radius 3 is 2.50 bits per heavy atom. The van der Waals surface area contributed by atoms with Crippen LogP contribution in [0.15, 0.2) is 42.5 Å². The van der Waals surface area contributed by atoms with Crippen LogP contribution in [-0.4, -0.2) is 18.8 Å². The summed E-state index contributed by atoms with van der Waals surface area (Å²) in [7, 11) is 1.61. The minimum Gasteiger partial charge on any atom is -0.497 e. The normalized spacial score (nSPS) is 12.0. The lowest BCUT2D eigenvalue weighted by atomic mass is 10.1. The first-order valence-electron chi connectivity index (χ1n) is 6.11. The van der Waals surface area contributed by atoms with Crippen molar-refractivity contribution in [3.8, 4) is 5.75 Å². The monoisotopic (exact) mass is 311 g/mol. The molecule has 2 rings (SSSR count). The fraction of sp³-hybridized carbons (Fsp3) is 0.200. The Kier molecular flexibility index (Phi) is 5.12. The van der Waals surface area contributed by atoms with Gasteiger partial charge in [0.2, 0.25) is 0 Å². The fourth-order valence-corrected chi connectivity index (χ4v) is 2.16. The van der Waals surface area contributed by atoms with Crippen LogP contribution in [0.2, 0.25) is 10.0 Å². The molecule has 0 aliphatic heterocycles. The maximum Gasteiger partial charge on any atom is 0.118 e. The number of hydrogen-bond donors (Lipinski definition) is 2. The number of ether oxygens (including phenoxy) is 1. The summed E-state index contributed by atoms with van der Waals surface area (Å²) in [6.07, 6.45) is -0.643. The molecule has 20 heavy (non-hydrogen) atoms. The SMILES string of the molecule is COc1ccc(C(O)CNc2cccc(Cl)c2Cl)cc1. The molecule has 0 saturated carbocycles. The number of methoxy groups -OCH3 is 1. The lowest BCUT2D eigenvalue weighted by Crippen LogP contribution is -2.12.